The molecule has 16 heavy (non-hydrogen) atoms. The molecule has 3 unspecified atom stereocenters. The summed E-state index contributed by atoms with van der Waals surface area (Å²) in [5, 5.41) is 16.0. The van der Waals surface area contributed by atoms with E-state index in [2.05, 4.69) is 26.1 Å². The molecule has 2 aliphatic rings. The first-order valence-corrected chi connectivity index (χ1v) is 6.21. The topological polar surface area (TPSA) is 55.4 Å². The van der Waals surface area contributed by atoms with E-state index in [0.717, 1.165) is 24.3 Å². The third-order valence-electron chi connectivity index (χ3n) is 4.14. The summed E-state index contributed by atoms with van der Waals surface area (Å²) in [6, 6.07) is 0. The summed E-state index contributed by atoms with van der Waals surface area (Å²) in [6.07, 6.45) is 3.00. The van der Waals surface area contributed by atoms with Crippen LogP contribution in [0, 0.1) is 23.0 Å². The van der Waals surface area contributed by atoms with E-state index in [-0.39, 0.29) is 18.4 Å². The van der Waals surface area contributed by atoms with Gasteiger partial charge < -0.3 is 15.6 Å². The highest BCUT2D eigenvalue weighted by atomic mass is 16.5. The fourth-order valence-corrected chi connectivity index (χ4v) is 3.42. The molecule has 4 nitrogen and oxygen atoms in total. The number of nitrogens with one attached hydrogen (secondary N) is 1. The smallest absolute Gasteiger partial charge is 0.234 e. The Bertz CT molecular complexity index is 293. The van der Waals surface area contributed by atoms with Crippen LogP contribution < -0.4 is 5.32 Å². The first kappa shape index (κ1) is 11.9. The summed E-state index contributed by atoms with van der Waals surface area (Å²) in [5.41, 5.74) is -0.608. The van der Waals surface area contributed by atoms with Gasteiger partial charge in [0.25, 0.3) is 0 Å². The average molecular weight is 225 g/mol. The molecule has 0 aromatic heterocycles. The molecule has 0 radical (unpaired) electrons. The molecular formula is C12H21N2O2-. The molecule has 4 heteroatoms. The van der Waals surface area contributed by atoms with Crippen molar-refractivity contribution in [3.05, 3.63) is 5.21 Å². The minimum Gasteiger partial charge on any atom is -0.783 e. The first-order valence-electron chi connectivity index (χ1n) is 6.21. The number of hydroxylamine groups is 2. The number of rotatable bonds is 1. The summed E-state index contributed by atoms with van der Waals surface area (Å²) < 4.78 is 0. The van der Waals surface area contributed by atoms with Crippen LogP contribution in [0.1, 0.15) is 40.0 Å². The first-order chi connectivity index (χ1) is 7.45. The molecule has 92 valence electrons. The molecule has 1 saturated heterocycles. The second-order valence-corrected chi connectivity index (χ2v) is 5.75. The molecule has 2 fully saturated rings. The van der Waals surface area contributed by atoms with E-state index in [1.54, 1.807) is 0 Å². The highest BCUT2D eigenvalue weighted by Gasteiger charge is 2.49. The van der Waals surface area contributed by atoms with Gasteiger partial charge in [-0.3, -0.25) is 4.79 Å². The van der Waals surface area contributed by atoms with Gasteiger partial charge >= 0.3 is 0 Å². The van der Waals surface area contributed by atoms with Crippen molar-refractivity contribution in [2.75, 3.05) is 6.54 Å². The van der Waals surface area contributed by atoms with Crippen LogP contribution in [-0.2, 0) is 4.79 Å². The summed E-state index contributed by atoms with van der Waals surface area (Å²) in [4.78, 5) is 11.4. The highest BCUT2D eigenvalue weighted by Crippen LogP contribution is 2.44. The summed E-state index contributed by atoms with van der Waals surface area (Å²) in [6.45, 7) is 6.45. The maximum Gasteiger partial charge on any atom is 0.234 e. The van der Waals surface area contributed by atoms with Crippen LogP contribution >= 0.6 is 0 Å². The molecule has 0 aromatic carbocycles. The predicted molar refractivity (Wildman–Crippen MR) is 62.3 cm³/mol. The zero-order chi connectivity index (χ0) is 11.9. The largest absolute Gasteiger partial charge is 0.783 e. The number of nitrogens with zero attached hydrogens (tertiary/aromatic N) is 1. The van der Waals surface area contributed by atoms with E-state index >= 15 is 0 Å². The van der Waals surface area contributed by atoms with Gasteiger partial charge in [0.2, 0.25) is 5.91 Å². The van der Waals surface area contributed by atoms with Crippen LogP contribution in [-0.4, -0.2) is 23.2 Å². The summed E-state index contributed by atoms with van der Waals surface area (Å²) >= 11 is 0. The number of hydrogen-bond donors (Lipinski definition) is 1. The van der Waals surface area contributed by atoms with Crippen molar-refractivity contribution in [3.63, 3.8) is 0 Å². The normalized spacial score (nSPS) is 40.7. The lowest BCUT2D eigenvalue weighted by atomic mass is 9.70. The Kier molecular flexibility index (Phi) is 2.97. The van der Waals surface area contributed by atoms with Crippen molar-refractivity contribution in [1.82, 2.24) is 10.4 Å². The maximum atomic E-state index is 12.1. The van der Waals surface area contributed by atoms with Gasteiger partial charge in [0.1, 0.15) is 0 Å². The Labute approximate surface area is 97.0 Å². The molecule has 1 amide bonds. The van der Waals surface area contributed by atoms with E-state index in [1.165, 1.54) is 0 Å². The molecule has 1 spiro atoms. The lowest BCUT2D eigenvalue weighted by Gasteiger charge is -2.53. The van der Waals surface area contributed by atoms with Crippen LogP contribution in [0.5, 0.6) is 0 Å². The minimum atomic E-state index is -0.608. The number of amides is 1. The van der Waals surface area contributed by atoms with Crippen LogP contribution in [0.4, 0.5) is 0 Å². The molecular weight excluding hydrogens is 204 g/mol. The second-order valence-electron chi connectivity index (χ2n) is 5.75. The molecule has 1 N–H and O–H groups in total. The Balaban J connectivity index is 2.28. The molecule has 1 heterocycles. The SMILES string of the molecule is CC1CCC(C(C)C)C2(C1)NC(=O)CN2[O-]. The van der Waals surface area contributed by atoms with E-state index in [1.807, 2.05) is 0 Å². The van der Waals surface area contributed by atoms with Crippen LogP contribution in [0.2, 0.25) is 0 Å². The summed E-state index contributed by atoms with van der Waals surface area (Å²) in [7, 11) is 0. The average Bonchev–Trinajstić information content (AvgIpc) is 2.41. The zero-order valence-corrected chi connectivity index (χ0v) is 10.3. The monoisotopic (exact) mass is 225 g/mol. The van der Waals surface area contributed by atoms with Gasteiger partial charge in [0.05, 0.1) is 12.2 Å². The third-order valence-corrected chi connectivity index (χ3v) is 4.14. The number of carbonyl (C=O) groups excluding carboxylic acids is 1. The Morgan fingerprint density at radius 1 is 1.50 bits per heavy atom. The van der Waals surface area contributed by atoms with Gasteiger partial charge in [-0.25, -0.2) is 0 Å². The molecule has 0 bridgehead atoms. The van der Waals surface area contributed by atoms with E-state index < -0.39 is 5.66 Å². The van der Waals surface area contributed by atoms with Crippen LogP contribution in [0.3, 0.4) is 0 Å². The van der Waals surface area contributed by atoms with Gasteiger partial charge in [-0.2, -0.15) is 0 Å². The minimum absolute atomic E-state index is 0.00986. The maximum absolute atomic E-state index is 12.1. The van der Waals surface area contributed by atoms with Gasteiger partial charge in [-0.1, -0.05) is 27.2 Å². The lowest BCUT2D eigenvalue weighted by molar-refractivity contribution is -0.119. The van der Waals surface area contributed by atoms with Gasteiger partial charge in [0.15, 0.2) is 0 Å². The third kappa shape index (κ3) is 1.74. The predicted octanol–water partition coefficient (Wildman–Crippen LogP) is 1.70. The summed E-state index contributed by atoms with van der Waals surface area (Å²) in [5.74, 6) is 1.12. The molecule has 1 aliphatic heterocycles. The Morgan fingerprint density at radius 2 is 2.19 bits per heavy atom. The Hall–Kier alpha value is -0.610. The van der Waals surface area contributed by atoms with E-state index in [4.69, 9.17) is 0 Å². The Morgan fingerprint density at radius 3 is 2.69 bits per heavy atom. The fraction of sp³-hybridized carbons (Fsp3) is 0.917. The standard InChI is InChI=1S/C12H21N2O2/c1-8(2)10-5-4-9(3)6-12(10)13-11(15)7-14(12)16/h8-10H,4-7H2,1-3H3,(H,13,15)/q-1. The van der Waals surface area contributed by atoms with Crippen molar-refractivity contribution in [2.24, 2.45) is 17.8 Å². The fourth-order valence-electron chi connectivity index (χ4n) is 3.42. The van der Waals surface area contributed by atoms with Crippen LogP contribution in [0.25, 0.3) is 0 Å². The van der Waals surface area contributed by atoms with Crippen molar-refractivity contribution in [1.29, 1.82) is 0 Å². The highest BCUT2D eigenvalue weighted by molar-refractivity contribution is 5.81. The molecule has 0 aromatic rings. The van der Waals surface area contributed by atoms with Gasteiger partial charge in [-0.05, 0) is 30.6 Å². The van der Waals surface area contributed by atoms with Crippen molar-refractivity contribution in [3.8, 4) is 0 Å². The van der Waals surface area contributed by atoms with Gasteiger partial charge in [0, 0.05) is 0 Å². The second kappa shape index (κ2) is 4.00. The van der Waals surface area contributed by atoms with Crippen molar-refractivity contribution in [2.45, 2.75) is 45.7 Å². The molecule has 1 saturated carbocycles. The zero-order valence-electron chi connectivity index (χ0n) is 10.3. The number of carbonyl (C=O) groups is 1. The number of hydrogen-bond acceptors (Lipinski definition) is 3. The van der Waals surface area contributed by atoms with E-state index in [9.17, 15) is 10.0 Å². The molecule has 2 rings (SSSR count). The van der Waals surface area contributed by atoms with Crippen molar-refractivity contribution >= 4 is 5.91 Å². The molecule has 3 atom stereocenters. The lowest BCUT2D eigenvalue weighted by Crippen LogP contribution is -2.59. The van der Waals surface area contributed by atoms with E-state index in [0.29, 0.717) is 11.8 Å². The van der Waals surface area contributed by atoms with Crippen LogP contribution in [0.15, 0.2) is 0 Å². The van der Waals surface area contributed by atoms with Gasteiger partial charge in [-0.15, -0.1) is 0 Å². The van der Waals surface area contributed by atoms with Crippen molar-refractivity contribution < 1.29 is 4.79 Å². The quantitative estimate of drug-likeness (QED) is 0.739. The molecule has 1 aliphatic carbocycles.